The quantitative estimate of drug-likeness (QED) is 0.402. The van der Waals surface area contributed by atoms with E-state index in [4.69, 9.17) is 19.6 Å². The van der Waals surface area contributed by atoms with E-state index in [1.165, 1.54) is 0 Å². The molecule has 1 saturated heterocycles. The zero-order valence-corrected chi connectivity index (χ0v) is 9.90. The predicted molar refractivity (Wildman–Crippen MR) is 52.4 cm³/mol. The van der Waals surface area contributed by atoms with E-state index in [0.29, 0.717) is 18.0 Å². The van der Waals surface area contributed by atoms with E-state index in [1.54, 1.807) is 0 Å². The molecule has 1 rings (SSSR count). The first-order valence-electron chi connectivity index (χ1n) is 4.68. The smallest absolute Gasteiger partial charge is 0.320 e. The summed E-state index contributed by atoms with van der Waals surface area (Å²) in [5.74, 6) is 0. The van der Waals surface area contributed by atoms with Gasteiger partial charge in [0.2, 0.25) is 0 Å². The van der Waals surface area contributed by atoms with Crippen LogP contribution < -0.4 is 4.90 Å². The summed E-state index contributed by atoms with van der Waals surface area (Å²) in [5, 5.41) is 0. The molecular formula is C6H16NO6P2+. The van der Waals surface area contributed by atoms with Gasteiger partial charge in [-0.2, -0.15) is 0 Å². The maximum Gasteiger partial charge on any atom is 0.395 e. The molecule has 1 fully saturated rings. The Bertz CT molecular complexity index is 281. The number of hydrogen-bond donors (Lipinski definition) is 5. The van der Waals surface area contributed by atoms with E-state index in [0.717, 1.165) is 19.3 Å². The molecule has 5 N–H and O–H groups in total. The van der Waals surface area contributed by atoms with Crippen LogP contribution in [0.25, 0.3) is 0 Å². The Morgan fingerprint density at radius 1 is 0.867 bits per heavy atom. The Kier molecular flexibility index (Phi) is 4.12. The van der Waals surface area contributed by atoms with Gasteiger partial charge in [0.1, 0.15) is 0 Å². The van der Waals surface area contributed by atoms with E-state index >= 15 is 0 Å². The molecule has 0 spiro atoms. The summed E-state index contributed by atoms with van der Waals surface area (Å²) in [5.41, 5.74) is -1.88. The molecule has 90 valence electrons. The molecule has 7 nitrogen and oxygen atoms in total. The van der Waals surface area contributed by atoms with Crippen LogP contribution in [-0.2, 0) is 9.13 Å². The molecule has 0 amide bonds. The second-order valence-corrected chi connectivity index (χ2v) is 7.57. The fraction of sp³-hybridized carbons (Fsp3) is 1.00. The zero-order valence-electron chi connectivity index (χ0n) is 8.11. The third-order valence-electron chi connectivity index (χ3n) is 2.50. The normalized spacial score (nSPS) is 20.9. The topological polar surface area (TPSA) is 120 Å². The lowest BCUT2D eigenvalue weighted by atomic mass is 10.1. The highest BCUT2D eigenvalue weighted by atomic mass is 31.2. The van der Waals surface area contributed by atoms with E-state index in [1.807, 2.05) is 0 Å². The summed E-state index contributed by atoms with van der Waals surface area (Å²) < 4.78 is 22.1. The van der Waals surface area contributed by atoms with Crippen LogP contribution in [0.4, 0.5) is 0 Å². The zero-order chi connectivity index (χ0) is 11.7. The van der Waals surface area contributed by atoms with Gasteiger partial charge in [0.05, 0.1) is 13.1 Å². The molecule has 0 aliphatic carbocycles. The van der Waals surface area contributed by atoms with Crippen molar-refractivity contribution in [2.24, 2.45) is 0 Å². The number of nitrogens with one attached hydrogen (secondary N) is 1. The van der Waals surface area contributed by atoms with Gasteiger partial charge in [-0.05, 0) is 19.3 Å². The summed E-state index contributed by atoms with van der Waals surface area (Å²) in [6, 6.07) is 0. The van der Waals surface area contributed by atoms with Crippen LogP contribution in [0.3, 0.4) is 0 Å². The minimum absolute atomic E-state index is 0.322. The fourth-order valence-electron chi connectivity index (χ4n) is 1.94. The Labute approximate surface area is 87.4 Å². The number of hydrogen-bond acceptors (Lipinski definition) is 2. The second kappa shape index (κ2) is 4.63. The van der Waals surface area contributed by atoms with Crippen molar-refractivity contribution < 1.29 is 33.6 Å². The lowest BCUT2D eigenvalue weighted by Gasteiger charge is -2.31. The Morgan fingerprint density at radius 3 is 1.60 bits per heavy atom. The summed E-state index contributed by atoms with van der Waals surface area (Å²) in [4.78, 5) is 36.2. The van der Waals surface area contributed by atoms with E-state index in [9.17, 15) is 9.13 Å². The minimum atomic E-state index is -4.77. The van der Waals surface area contributed by atoms with Gasteiger partial charge < -0.3 is 24.5 Å². The fourth-order valence-corrected chi connectivity index (χ4v) is 4.97. The van der Waals surface area contributed by atoms with Crippen LogP contribution in [0.5, 0.6) is 0 Å². The van der Waals surface area contributed by atoms with E-state index < -0.39 is 20.7 Å². The monoisotopic (exact) mass is 260 g/mol. The Morgan fingerprint density at radius 2 is 1.27 bits per heavy atom. The average Bonchev–Trinajstić information content (AvgIpc) is 2.00. The Balaban J connectivity index is 2.91. The molecule has 1 heterocycles. The Hall–Kier alpha value is 0.260. The van der Waals surface area contributed by atoms with Crippen LogP contribution in [0.15, 0.2) is 0 Å². The van der Waals surface area contributed by atoms with Crippen molar-refractivity contribution in [3.05, 3.63) is 0 Å². The third-order valence-corrected chi connectivity index (χ3v) is 6.31. The predicted octanol–water partition coefficient (Wildman–Crippen LogP) is -1.31. The van der Waals surface area contributed by atoms with Crippen molar-refractivity contribution in [2.45, 2.75) is 24.8 Å². The third kappa shape index (κ3) is 3.64. The second-order valence-electron chi connectivity index (χ2n) is 3.77. The van der Waals surface area contributed by atoms with E-state index in [-0.39, 0.29) is 0 Å². The van der Waals surface area contributed by atoms with Crippen LogP contribution in [-0.4, -0.2) is 38.2 Å². The van der Waals surface area contributed by atoms with Gasteiger partial charge >= 0.3 is 15.2 Å². The molecule has 0 radical (unpaired) electrons. The average molecular weight is 260 g/mol. The van der Waals surface area contributed by atoms with Crippen molar-refractivity contribution in [2.75, 3.05) is 13.1 Å². The molecule has 0 saturated carbocycles. The molecule has 1 aliphatic rings. The molecule has 9 heteroatoms. The van der Waals surface area contributed by atoms with Gasteiger partial charge in [0, 0.05) is 0 Å². The largest absolute Gasteiger partial charge is 0.395 e. The van der Waals surface area contributed by atoms with Crippen molar-refractivity contribution in [3.63, 3.8) is 0 Å². The highest BCUT2D eigenvalue weighted by Crippen LogP contribution is 2.56. The SMILES string of the molecule is O=P(O)(O)C([NH+]1CCCCC1)P(=O)(O)O. The first-order chi connectivity index (χ1) is 6.73. The summed E-state index contributed by atoms with van der Waals surface area (Å²) in [7, 11) is -9.53. The molecular weight excluding hydrogens is 244 g/mol. The van der Waals surface area contributed by atoms with Gasteiger partial charge in [0.25, 0.3) is 5.52 Å². The van der Waals surface area contributed by atoms with Gasteiger partial charge in [0.15, 0.2) is 0 Å². The number of piperidine rings is 1. The highest BCUT2D eigenvalue weighted by molar-refractivity contribution is 7.70. The summed E-state index contributed by atoms with van der Waals surface area (Å²) >= 11 is 0. The number of quaternary nitrogens is 1. The van der Waals surface area contributed by atoms with Crippen molar-refractivity contribution in [1.82, 2.24) is 0 Å². The van der Waals surface area contributed by atoms with Gasteiger partial charge in [-0.15, -0.1) is 0 Å². The number of rotatable bonds is 3. The van der Waals surface area contributed by atoms with Crippen LogP contribution in [0, 0.1) is 0 Å². The first kappa shape index (κ1) is 13.3. The van der Waals surface area contributed by atoms with Gasteiger partial charge in [-0.25, -0.2) is 0 Å². The highest BCUT2D eigenvalue weighted by Gasteiger charge is 2.51. The lowest BCUT2D eigenvalue weighted by molar-refractivity contribution is -0.906. The molecule has 0 unspecified atom stereocenters. The van der Waals surface area contributed by atoms with Gasteiger partial charge in [-0.1, -0.05) is 0 Å². The molecule has 0 aromatic carbocycles. The summed E-state index contributed by atoms with van der Waals surface area (Å²) in [6.45, 7) is 0.807. The standard InChI is InChI=1S/C6H15NO6P2/c8-14(9,10)6(15(11,12)13)7-4-2-1-3-5-7/h6H,1-5H2,(H2,8,9,10)(H2,11,12,13)/p+1. The lowest BCUT2D eigenvalue weighted by Crippen LogP contribution is -3.16. The maximum atomic E-state index is 11.1. The molecule has 15 heavy (non-hydrogen) atoms. The van der Waals surface area contributed by atoms with Crippen LogP contribution >= 0.6 is 15.2 Å². The van der Waals surface area contributed by atoms with Crippen molar-refractivity contribution >= 4 is 15.2 Å². The molecule has 1 aliphatic heterocycles. The van der Waals surface area contributed by atoms with Crippen molar-refractivity contribution in [1.29, 1.82) is 0 Å². The van der Waals surface area contributed by atoms with Crippen molar-refractivity contribution in [3.8, 4) is 0 Å². The molecule has 0 aromatic heterocycles. The maximum absolute atomic E-state index is 11.1. The number of likely N-dealkylation sites (tertiary alicyclic amines) is 1. The van der Waals surface area contributed by atoms with Crippen LogP contribution in [0.2, 0.25) is 0 Å². The van der Waals surface area contributed by atoms with E-state index in [2.05, 4.69) is 0 Å². The first-order valence-corrected chi connectivity index (χ1v) is 8.04. The molecule has 0 atom stereocenters. The molecule has 0 bridgehead atoms. The van der Waals surface area contributed by atoms with Gasteiger partial charge in [-0.3, -0.25) is 9.13 Å². The summed E-state index contributed by atoms with van der Waals surface area (Å²) in [6.07, 6.45) is 2.43. The minimum Gasteiger partial charge on any atom is -0.320 e. The molecule has 0 aromatic rings. The van der Waals surface area contributed by atoms with Crippen LogP contribution in [0.1, 0.15) is 19.3 Å².